The lowest BCUT2D eigenvalue weighted by atomic mass is 10.3. The van der Waals surface area contributed by atoms with E-state index in [0.29, 0.717) is 5.02 Å². The maximum absolute atomic E-state index is 12.3. The van der Waals surface area contributed by atoms with Gasteiger partial charge in [0.25, 0.3) is 5.56 Å². The molecule has 0 unspecified atom stereocenters. The molecule has 0 spiro atoms. The predicted molar refractivity (Wildman–Crippen MR) is 93.6 cm³/mol. The van der Waals surface area contributed by atoms with Crippen molar-refractivity contribution in [3.8, 4) is 5.88 Å². The predicted octanol–water partition coefficient (Wildman–Crippen LogP) is 4.13. The zero-order chi connectivity index (χ0) is 18.0. The number of azo groups is 1. The molecule has 10 heteroatoms. The van der Waals surface area contributed by atoms with Gasteiger partial charge in [-0.15, -0.1) is 10.2 Å². The molecule has 0 aliphatic heterocycles. The van der Waals surface area contributed by atoms with Crippen LogP contribution in [-0.4, -0.2) is 14.2 Å². The summed E-state index contributed by atoms with van der Waals surface area (Å²) < 4.78 is 1.97. The van der Waals surface area contributed by atoms with Crippen molar-refractivity contribution in [2.24, 2.45) is 10.2 Å². The number of rotatable bonds is 4. The molecule has 1 aromatic heterocycles. The Labute approximate surface area is 151 Å². The minimum Gasteiger partial charge on any atom is -0.493 e. The summed E-state index contributed by atoms with van der Waals surface area (Å²) in [5.74, 6) is -0.567. The second-order valence-corrected chi connectivity index (χ2v) is 5.92. The summed E-state index contributed by atoms with van der Waals surface area (Å²) in [6.45, 7) is 3.58. The monoisotopic (exact) mass is 390 g/mol. The lowest BCUT2D eigenvalue weighted by Crippen LogP contribution is -2.38. The van der Waals surface area contributed by atoms with Crippen molar-refractivity contribution in [3.05, 3.63) is 48.0 Å². The Bertz CT molecular complexity index is 911. The Balaban J connectivity index is 2.67. The zero-order valence-electron chi connectivity index (χ0n) is 12.8. The fraction of sp³-hybridized carbons (Fsp3) is 0.286. The third-order valence-electron chi connectivity index (χ3n) is 3.24. The van der Waals surface area contributed by atoms with E-state index in [9.17, 15) is 14.7 Å². The van der Waals surface area contributed by atoms with Crippen LogP contribution in [0.15, 0.2) is 32.0 Å². The highest BCUT2D eigenvalue weighted by atomic mass is 35.5. The molecule has 2 rings (SSSR count). The molecule has 1 heterocycles. The SMILES string of the molecule is CCn1c(O)c(N=Nc2c(Cl)cc(Cl)cc2Cl)c(=O)n(CC)c1=O. The van der Waals surface area contributed by atoms with E-state index in [-0.39, 0.29) is 34.5 Å². The van der Waals surface area contributed by atoms with Gasteiger partial charge in [-0.2, -0.15) is 0 Å². The van der Waals surface area contributed by atoms with Crippen molar-refractivity contribution < 1.29 is 5.11 Å². The van der Waals surface area contributed by atoms with Crippen molar-refractivity contribution >= 4 is 46.2 Å². The van der Waals surface area contributed by atoms with Crippen LogP contribution >= 0.6 is 34.8 Å². The van der Waals surface area contributed by atoms with Gasteiger partial charge in [0, 0.05) is 18.1 Å². The van der Waals surface area contributed by atoms with Crippen LogP contribution in [0, 0.1) is 0 Å². The largest absolute Gasteiger partial charge is 0.493 e. The van der Waals surface area contributed by atoms with Gasteiger partial charge in [-0.05, 0) is 26.0 Å². The molecule has 0 saturated heterocycles. The van der Waals surface area contributed by atoms with Crippen LogP contribution in [0.2, 0.25) is 15.1 Å². The molecule has 0 amide bonds. The summed E-state index contributed by atoms with van der Waals surface area (Å²) in [7, 11) is 0. The minimum atomic E-state index is -0.755. The van der Waals surface area contributed by atoms with Crippen LogP contribution in [0.3, 0.4) is 0 Å². The number of benzene rings is 1. The van der Waals surface area contributed by atoms with E-state index in [0.717, 1.165) is 9.13 Å². The first-order valence-electron chi connectivity index (χ1n) is 6.94. The molecule has 0 radical (unpaired) electrons. The zero-order valence-corrected chi connectivity index (χ0v) is 15.0. The molecule has 24 heavy (non-hydrogen) atoms. The van der Waals surface area contributed by atoms with Crippen LogP contribution in [0.25, 0.3) is 0 Å². The van der Waals surface area contributed by atoms with Gasteiger partial charge < -0.3 is 5.11 Å². The van der Waals surface area contributed by atoms with E-state index in [1.807, 2.05) is 0 Å². The molecule has 7 nitrogen and oxygen atoms in total. The summed E-state index contributed by atoms with van der Waals surface area (Å²) in [4.78, 5) is 24.4. The van der Waals surface area contributed by atoms with Gasteiger partial charge in [-0.3, -0.25) is 13.9 Å². The van der Waals surface area contributed by atoms with Crippen molar-refractivity contribution in [2.75, 3.05) is 0 Å². The second-order valence-electron chi connectivity index (χ2n) is 4.67. The third kappa shape index (κ3) is 3.33. The quantitative estimate of drug-likeness (QED) is 0.795. The highest BCUT2D eigenvalue weighted by Crippen LogP contribution is 2.37. The number of aromatic hydroxyl groups is 1. The standard InChI is InChI=1S/C14H13Cl3N4O3/c1-3-20-12(22)11(13(23)21(4-2)14(20)24)19-18-10-8(16)5-7(15)6-9(10)17/h5-6,22H,3-4H2,1-2H3. The Hall–Kier alpha value is -1.83. The molecule has 0 atom stereocenters. The molecule has 1 aromatic carbocycles. The number of hydrogen-bond donors (Lipinski definition) is 1. The number of halogens is 3. The smallest absolute Gasteiger partial charge is 0.333 e. The first-order chi connectivity index (χ1) is 11.3. The van der Waals surface area contributed by atoms with Gasteiger partial charge in [-0.25, -0.2) is 4.79 Å². The first-order valence-corrected chi connectivity index (χ1v) is 8.08. The first kappa shape index (κ1) is 18.5. The topological polar surface area (TPSA) is 88.9 Å². The number of nitrogens with zero attached hydrogens (tertiary/aromatic N) is 4. The van der Waals surface area contributed by atoms with E-state index >= 15 is 0 Å². The Morgan fingerprint density at radius 3 is 1.96 bits per heavy atom. The van der Waals surface area contributed by atoms with Crippen molar-refractivity contribution in [1.29, 1.82) is 0 Å². The third-order valence-corrected chi connectivity index (χ3v) is 4.04. The summed E-state index contributed by atoms with van der Waals surface area (Å²) in [5.41, 5.74) is -1.65. The van der Waals surface area contributed by atoms with Gasteiger partial charge in [0.2, 0.25) is 11.6 Å². The summed E-state index contributed by atoms with van der Waals surface area (Å²) >= 11 is 17.8. The van der Waals surface area contributed by atoms with E-state index in [1.165, 1.54) is 12.1 Å². The van der Waals surface area contributed by atoms with Crippen LogP contribution in [0.5, 0.6) is 5.88 Å². The molecule has 1 N–H and O–H groups in total. The lowest BCUT2D eigenvalue weighted by molar-refractivity contribution is 0.397. The normalized spacial score (nSPS) is 11.4. The van der Waals surface area contributed by atoms with Gasteiger partial charge >= 0.3 is 5.69 Å². The van der Waals surface area contributed by atoms with Crippen molar-refractivity contribution in [3.63, 3.8) is 0 Å². The highest BCUT2D eigenvalue weighted by Gasteiger charge is 2.17. The fourth-order valence-electron chi connectivity index (χ4n) is 2.06. The number of hydrogen-bond acceptors (Lipinski definition) is 5. The van der Waals surface area contributed by atoms with Crippen LogP contribution in [0.1, 0.15) is 13.8 Å². The summed E-state index contributed by atoms with van der Waals surface area (Å²) in [5, 5.41) is 18.3. The average molecular weight is 392 g/mol. The maximum Gasteiger partial charge on any atom is 0.333 e. The van der Waals surface area contributed by atoms with Gasteiger partial charge in [0.1, 0.15) is 5.69 Å². The van der Waals surface area contributed by atoms with Gasteiger partial charge in [-0.1, -0.05) is 34.8 Å². The molecule has 2 aromatic rings. The Kier molecular flexibility index (Phi) is 5.69. The molecule has 128 valence electrons. The lowest BCUT2D eigenvalue weighted by Gasteiger charge is -2.10. The maximum atomic E-state index is 12.3. The molecule has 0 aliphatic carbocycles. The summed E-state index contributed by atoms with van der Waals surface area (Å²) in [6.07, 6.45) is 0. The van der Waals surface area contributed by atoms with E-state index < -0.39 is 17.1 Å². The van der Waals surface area contributed by atoms with Crippen LogP contribution in [0.4, 0.5) is 11.4 Å². The van der Waals surface area contributed by atoms with Gasteiger partial charge in [0.05, 0.1) is 10.0 Å². The van der Waals surface area contributed by atoms with Crippen molar-refractivity contribution in [2.45, 2.75) is 26.9 Å². The molecule has 0 aliphatic rings. The van der Waals surface area contributed by atoms with Crippen LogP contribution < -0.4 is 11.2 Å². The van der Waals surface area contributed by atoms with E-state index in [4.69, 9.17) is 34.8 Å². The van der Waals surface area contributed by atoms with Crippen molar-refractivity contribution in [1.82, 2.24) is 9.13 Å². The second kappa shape index (κ2) is 7.38. The molecular formula is C14H13Cl3N4O3. The Morgan fingerprint density at radius 1 is 0.958 bits per heavy atom. The Morgan fingerprint density at radius 2 is 1.46 bits per heavy atom. The molecule has 0 fully saturated rings. The molecule has 0 saturated carbocycles. The van der Waals surface area contributed by atoms with E-state index in [1.54, 1.807) is 13.8 Å². The average Bonchev–Trinajstić information content (AvgIpc) is 2.50. The van der Waals surface area contributed by atoms with Crippen LogP contribution in [-0.2, 0) is 13.1 Å². The van der Waals surface area contributed by atoms with E-state index in [2.05, 4.69) is 10.2 Å². The molecule has 0 bridgehead atoms. The highest BCUT2D eigenvalue weighted by molar-refractivity contribution is 6.41. The number of aromatic nitrogens is 2. The fourth-order valence-corrected chi connectivity index (χ4v) is 2.95. The summed E-state index contributed by atoms with van der Waals surface area (Å²) in [6, 6.07) is 2.83. The molecular weight excluding hydrogens is 379 g/mol. The van der Waals surface area contributed by atoms with Gasteiger partial charge in [0.15, 0.2) is 0 Å². The minimum absolute atomic E-state index is 0.0961.